The Morgan fingerprint density at radius 1 is 1.06 bits per heavy atom. The lowest BCUT2D eigenvalue weighted by Crippen LogP contribution is -2.32. The van der Waals surface area contributed by atoms with Gasteiger partial charge in [0.05, 0.1) is 20.3 Å². The number of ether oxygens (including phenoxy) is 2. The molecule has 0 fully saturated rings. The highest BCUT2D eigenvalue weighted by atomic mass is 16.5. The maximum absolute atomic E-state index is 10.3. The van der Waals surface area contributed by atoms with E-state index < -0.39 is 17.6 Å². The summed E-state index contributed by atoms with van der Waals surface area (Å²) in [6.45, 7) is 5.61. The second kappa shape index (κ2) is 5.59. The van der Waals surface area contributed by atoms with Crippen LogP contribution in [0.25, 0.3) is 0 Å². The minimum absolute atomic E-state index is 0.423. The third kappa shape index (κ3) is 3.15. The third-order valence-electron chi connectivity index (χ3n) is 2.94. The molecular formula is C14H22O4. The Hall–Kier alpha value is -1.26. The average Bonchev–Trinajstić information content (AvgIpc) is 2.35. The van der Waals surface area contributed by atoms with Crippen LogP contribution in [0.5, 0.6) is 11.5 Å². The van der Waals surface area contributed by atoms with Gasteiger partial charge in [-0.05, 0) is 23.6 Å². The van der Waals surface area contributed by atoms with Crippen molar-refractivity contribution < 1.29 is 19.7 Å². The zero-order valence-corrected chi connectivity index (χ0v) is 11.6. The number of hydrogen-bond donors (Lipinski definition) is 2. The van der Waals surface area contributed by atoms with Crippen LogP contribution in [-0.4, -0.2) is 30.5 Å². The summed E-state index contributed by atoms with van der Waals surface area (Å²) in [5, 5.41) is 20.4. The summed E-state index contributed by atoms with van der Waals surface area (Å²) in [5.74, 6) is 1.15. The molecule has 0 saturated carbocycles. The van der Waals surface area contributed by atoms with E-state index >= 15 is 0 Å². The highest BCUT2D eigenvalue weighted by Crippen LogP contribution is 2.36. The van der Waals surface area contributed by atoms with Gasteiger partial charge in [-0.15, -0.1) is 0 Å². The van der Waals surface area contributed by atoms with E-state index in [1.807, 2.05) is 20.8 Å². The number of aliphatic hydroxyl groups is 2. The summed E-state index contributed by atoms with van der Waals surface area (Å²) in [4.78, 5) is 0. The molecule has 1 aromatic rings. The van der Waals surface area contributed by atoms with E-state index in [1.165, 1.54) is 7.11 Å². The van der Waals surface area contributed by atoms with Crippen LogP contribution < -0.4 is 9.47 Å². The van der Waals surface area contributed by atoms with Crippen LogP contribution in [0.15, 0.2) is 18.2 Å². The Bertz CT molecular complexity index is 395. The number of hydrogen-bond acceptors (Lipinski definition) is 4. The molecule has 102 valence electrons. The molecule has 0 heterocycles. The quantitative estimate of drug-likeness (QED) is 0.864. The molecule has 0 aromatic heterocycles. The molecule has 2 unspecified atom stereocenters. The summed E-state index contributed by atoms with van der Waals surface area (Å²) in [6.07, 6.45) is -1.91. The zero-order chi connectivity index (χ0) is 13.9. The summed E-state index contributed by atoms with van der Waals surface area (Å²) >= 11 is 0. The molecule has 18 heavy (non-hydrogen) atoms. The summed E-state index contributed by atoms with van der Waals surface area (Å²) in [5.41, 5.74) is 0.104. The van der Waals surface area contributed by atoms with Crippen molar-refractivity contribution in [3.8, 4) is 11.5 Å². The predicted octanol–water partition coefficient (Wildman–Crippen LogP) is 2.14. The normalized spacial score (nSPS) is 15.1. The van der Waals surface area contributed by atoms with Gasteiger partial charge in [-0.2, -0.15) is 0 Å². The lowest BCUT2D eigenvalue weighted by molar-refractivity contribution is -0.0467. The smallest absolute Gasteiger partial charge is 0.125 e. The minimum Gasteiger partial charge on any atom is -0.497 e. The molecule has 0 bridgehead atoms. The van der Waals surface area contributed by atoms with E-state index in [1.54, 1.807) is 25.3 Å². The van der Waals surface area contributed by atoms with E-state index in [9.17, 15) is 10.2 Å². The maximum Gasteiger partial charge on any atom is 0.125 e. The number of methoxy groups -OCH3 is 2. The van der Waals surface area contributed by atoms with Crippen molar-refractivity contribution in [3.05, 3.63) is 23.8 Å². The van der Waals surface area contributed by atoms with Crippen LogP contribution in [0, 0.1) is 5.41 Å². The fraction of sp³-hybridized carbons (Fsp3) is 0.571. The van der Waals surface area contributed by atoms with Gasteiger partial charge >= 0.3 is 0 Å². The van der Waals surface area contributed by atoms with Gasteiger partial charge in [-0.1, -0.05) is 20.8 Å². The highest BCUT2D eigenvalue weighted by Gasteiger charge is 2.32. The van der Waals surface area contributed by atoms with Gasteiger partial charge < -0.3 is 19.7 Å². The molecule has 0 saturated heterocycles. The molecule has 0 radical (unpaired) electrons. The van der Waals surface area contributed by atoms with Gasteiger partial charge in [0.1, 0.15) is 17.6 Å². The molecular weight excluding hydrogens is 232 g/mol. The van der Waals surface area contributed by atoms with Crippen LogP contribution in [0.2, 0.25) is 0 Å². The van der Waals surface area contributed by atoms with E-state index in [-0.39, 0.29) is 0 Å². The van der Waals surface area contributed by atoms with Crippen LogP contribution in [0.3, 0.4) is 0 Å². The van der Waals surface area contributed by atoms with Crippen molar-refractivity contribution >= 4 is 0 Å². The van der Waals surface area contributed by atoms with Crippen molar-refractivity contribution in [2.24, 2.45) is 5.41 Å². The number of aliphatic hydroxyl groups excluding tert-OH is 2. The van der Waals surface area contributed by atoms with E-state index in [2.05, 4.69) is 0 Å². The Kier molecular flexibility index (Phi) is 4.59. The van der Waals surface area contributed by atoms with Gasteiger partial charge in [0.15, 0.2) is 0 Å². The Morgan fingerprint density at radius 2 is 1.67 bits per heavy atom. The average molecular weight is 254 g/mol. The van der Waals surface area contributed by atoms with Crippen LogP contribution in [0.4, 0.5) is 0 Å². The van der Waals surface area contributed by atoms with Crippen molar-refractivity contribution in [1.82, 2.24) is 0 Å². The first-order valence-electron chi connectivity index (χ1n) is 5.89. The first kappa shape index (κ1) is 14.8. The van der Waals surface area contributed by atoms with Crippen molar-refractivity contribution in [2.45, 2.75) is 33.0 Å². The van der Waals surface area contributed by atoms with Gasteiger partial charge in [-0.3, -0.25) is 0 Å². The fourth-order valence-corrected chi connectivity index (χ4v) is 1.71. The van der Waals surface area contributed by atoms with Crippen LogP contribution >= 0.6 is 0 Å². The molecule has 4 heteroatoms. The molecule has 2 N–H and O–H groups in total. The Labute approximate surface area is 108 Å². The lowest BCUT2D eigenvalue weighted by atomic mass is 9.83. The molecule has 1 rings (SSSR count). The summed E-state index contributed by atoms with van der Waals surface area (Å²) in [7, 11) is 3.08. The highest BCUT2D eigenvalue weighted by molar-refractivity contribution is 5.42. The topological polar surface area (TPSA) is 58.9 Å². The fourth-order valence-electron chi connectivity index (χ4n) is 1.71. The number of benzene rings is 1. The van der Waals surface area contributed by atoms with E-state index in [0.717, 1.165) is 0 Å². The first-order valence-corrected chi connectivity index (χ1v) is 5.89. The second-order valence-corrected chi connectivity index (χ2v) is 5.36. The first-order chi connectivity index (χ1) is 8.31. The monoisotopic (exact) mass is 254 g/mol. The molecule has 0 amide bonds. The van der Waals surface area contributed by atoms with Gasteiger partial charge in [0.2, 0.25) is 0 Å². The zero-order valence-electron chi connectivity index (χ0n) is 11.6. The molecule has 0 aliphatic carbocycles. The molecule has 2 atom stereocenters. The van der Waals surface area contributed by atoms with Crippen molar-refractivity contribution in [3.63, 3.8) is 0 Å². The minimum atomic E-state index is -1.02. The van der Waals surface area contributed by atoms with E-state index in [4.69, 9.17) is 9.47 Å². The molecule has 0 aliphatic rings. The largest absolute Gasteiger partial charge is 0.497 e. The van der Waals surface area contributed by atoms with Gasteiger partial charge in [0.25, 0.3) is 0 Å². The van der Waals surface area contributed by atoms with E-state index in [0.29, 0.717) is 17.1 Å². The molecule has 0 spiro atoms. The second-order valence-electron chi connectivity index (χ2n) is 5.36. The van der Waals surface area contributed by atoms with Gasteiger partial charge in [-0.25, -0.2) is 0 Å². The van der Waals surface area contributed by atoms with Crippen LogP contribution in [0.1, 0.15) is 32.4 Å². The van der Waals surface area contributed by atoms with Crippen molar-refractivity contribution in [2.75, 3.05) is 14.2 Å². The number of rotatable bonds is 4. The standard InChI is InChI=1S/C14H22O4/c1-14(2,3)13(16)12(15)10-8-9(17-4)6-7-11(10)18-5/h6-8,12-13,15-16H,1-5H3. The predicted molar refractivity (Wildman–Crippen MR) is 70.0 cm³/mol. The summed E-state index contributed by atoms with van der Waals surface area (Å²) in [6, 6.07) is 5.14. The molecule has 4 nitrogen and oxygen atoms in total. The van der Waals surface area contributed by atoms with Crippen molar-refractivity contribution in [1.29, 1.82) is 0 Å². The molecule has 0 aliphatic heterocycles. The Balaban J connectivity index is 3.14. The molecule has 1 aromatic carbocycles. The lowest BCUT2D eigenvalue weighted by Gasteiger charge is -2.30. The van der Waals surface area contributed by atoms with Crippen LogP contribution in [-0.2, 0) is 0 Å². The third-order valence-corrected chi connectivity index (χ3v) is 2.94. The Morgan fingerprint density at radius 3 is 2.11 bits per heavy atom. The van der Waals surface area contributed by atoms with Gasteiger partial charge in [0, 0.05) is 5.56 Å². The maximum atomic E-state index is 10.3. The SMILES string of the molecule is COc1ccc(OC)c(C(O)C(O)C(C)(C)C)c1. The summed E-state index contributed by atoms with van der Waals surface area (Å²) < 4.78 is 10.3.